The molecule has 0 bridgehead atoms. The highest BCUT2D eigenvalue weighted by Crippen LogP contribution is 2.26. The first kappa shape index (κ1) is 15.3. The highest BCUT2D eigenvalue weighted by Gasteiger charge is 2.08. The Hall–Kier alpha value is -2.59. The highest BCUT2D eigenvalue weighted by atomic mass is 35.5. The van der Waals surface area contributed by atoms with E-state index in [2.05, 4.69) is 4.99 Å². The first-order valence-electron chi connectivity index (χ1n) is 7.21. The molecule has 0 aliphatic heterocycles. The maximum absolute atomic E-state index is 11.2. The van der Waals surface area contributed by atoms with Gasteiger partial charge in [0, 0.05) is 33.9 Å². The molecule has 0 spiro atoms. The van der Waals surface area contributed by atoms with E-state index in [1.807, 2.05) is 60.2 Å². The van der Waals surface area contributed by atoms with Crippen molar-refractivity contribution < 1.29 is 4.79 Å². The van der Waals surface area contributed by atoms with Gasteiger partial charge in [-0.15, -0.1) is 0 Å². The molecule has 0 fully saturated rings. The average Bonchev–Trinajstić information content (AvgIpc) is 2.86. The van der Waals surface area contributed by atoms with Gasteiger partial charge in [0.25, 0.3) is 0 Å². The Morgan fingerprint density at radius 1 is 1.26 bits per heavy atom. The topological polar surface area (TPSA) is 60.4 Å². The minimum atomic E-state index is -0.375. The van der Waals surface area contributed by atoms with Gasteiger partial charge >= 0.3 is 0 Å². The molecule has 1 aromatic heterocycles. The van der Waals surface area contributed by atoms with Crippen LogP contribution in [-0.4, -0.2) is 16.7 Å². The number of carbonyl (C=O) groups is 1. The lowest BCUT2D eigenvalue weighted by Crippen LogP contribution is -2.17. The second-order valence-electron chi connectivity index (χ2n) is 5.34. The summed E-state index contributed by atoms with van der Waals surface area (Å²) in [5.41, 5.74) is 8.96. The number of carbonyl (C=O) groups excluding carboxylic acids is 1. The third-order valence-corrected chi connectivity index (χ3v) is 4.14. The van der Waals surface area contributed by atoms with Crippen molar-refractivity contribution in [2.24, 2.45) is 10.7 Å². The summed E-state index contributed by atoms with van der Waals surface area (Å²) in [5, 5.41) is 1.72. The van der Waals surface area contributed by atoms with Gasteiger partial charge < -0.3 is 10.3 Å². The molecule has 23 heavy (non-hydrogen) atoms. The van der Waals surface area contributed by atoms with Gasteiger partial charge in [0.1, 0.15) is 6.54 Å². The fraction of sp³-hybridized carbons (Fsp3) is 0.111. The average molecular weight is 326 g/mol. The maximum Gasteiger partial charge on any atom is 0.237 e. The number of rotatable bonds is 4. The van der Waals surface area contributed by atoms with Crippen LogP contribution in [0, 0.1) is 6.92 Å². The van der Waals surface area contributed by atoms with Gasteiger partial charge in [-0.25, -0.2) is 0 Å². The van der Waals surface area contributed by atoms with Gasteiger partial charge in [-0.1, -0.05) is 35.9 Å². The third kappa shape index (κ3) is 3.12. The third-order valence-electron chi connectivity index (χ3n) is 3.73. The molecule has 0 atom stereocenters. The normalized spacial score (nSPS) is 11.4. The smallest absolute Gasteiger partial charge is 0.237 e. The van der Waals surface area contributed by atoms with E-state index in [-0.39, 0.29) is 12.5 Å². The Morgan fingerprint density at radius 3 is 2.83 bits per heavy atom. The number of halogens is 1. The van der Waals surface area contributed by atoms with Gasteiger partial charge in [-0.2, -0.15) is 0 Å². The van der Waals surface area contributed by atoms with Crippen LogP contribution in [-0.2, 0) is 11.3 Å². The Balaban J connectivity index is 2.04. The van der Waals surface area contributed by atoms with E-state index in [0.29, 0.717) is 5.02 Å². The number of hydrogen-bond acceptors (Lipinski definition) is 2. The van der Waals surface area contributed by atoms with Crippen molar-refractivity contribution in [3.63, 3.8) is 0 Å². The number of aromatic nitrogens is 1. The number of fused-ring (bicyclic) bond motifs is 1. The monoisotopic (exact) mass is 325 g/mol. The molecular weight excluding hydrogens is 310 g/mol. The summed E-state index contributed by atoms with van der Waals surface area (Å²) >= 11 is 6.12. The summed E-state index contributed by atoms with van der Waals surface area (Å²) in [6, 6.07) is 13.5. The van der Waals surface area contributed by atoms with Crippen LogP contribution in [0.4, 0.5) is 5.69 Å². The molecule has 2 N–H and O–H groups in total. The van der Waals surface area contributed by atoms with E-state index in [1.165, 1.54) is 0 Å². The van der Waals surface area contributed by atoms with E-state index >= 15 is 0 Å². The predicted octanol–water partition coefficient (Wildman–Crippen LogP) is 3.84. The summed E-state index contributed by atoms with van der Waals surface area (Å²) in [6.45, 7) is 2.08. The summed E-state index contributed by atoms with van der Waals surface area (Å²) < 4.78 is 1.84. The summed E-state index contributed by atoms with van der Waals surface area (Å²) in [4.78, 5) is 15.8. The van der Waals surface area contributed by atoms with Crippen LogP contribution in [0.1, 0.15) is 11.1 Å². The standard InChI is InChI=1S/C18H16ClN3O/c1-12-15(19)6-4-7-16(12)21-9-13-10-22(11-18(20)23)17-8-3-2-5-14(13)17/h2-10H,11H2,1H3,(H2,20,23). The largest absolute Gasteiger partial charge is 0.368 e. The molecule has 2 aromatic carbocycles. The van der Waals surface area contributed by atoms with Crippen molar-refractivity contribution in [3.8, 4) is 0 Å². The Morgan fingerprint density at radius 2 is 2.04 bits per heavy atom. The minimum Gasteiger partial charge on any atom is -0.368 e. The van der Waals surface area contributed by atoms with E-state index in [0.717, 1.165) is 27.7 Å². The summed E-state index contributed by atoms with van der Waals surface area (Å²) in [6.07, 6.45) is 3.68. The maximum atomic E-state index is 11.2. The molecule has 1 amide bonds. The van der Waals surface area contributed by atoms with Gasteiger partial charge in [-0.05, 0) is 30.7 Å². The molecule has 0 radical (unpaired) electrons. The number of nitrogens with two attached hydrogens (primary N) is 1. The van der Waals surface area contributed by atoms with E-state index < -0.39 is 0 Å². The number of primary amides is 1. The fourth-order valence-corrected chi connectivity index (χ4v) is 2.72. The number of benzene rings is 2. The van der Waals surface area contributed by atoms with Crippen LogP contribution in [0.2, 0.25) is 5.02 Å². The molecule has 0 aliphatic rings. The highest BCUT2D eigenvalue weighted by molar-refractivity contribution is 6.31. The first-order valence-corrected chi connectivity index (χ1v) is 7.59. The lowest BCUT2D eigenvalue weighted by Gasteiger charge is -2.01. The number of amides is 1. The fourth-order valence-electron chi connectivity index (χ4n) is 2.55. The second kappa shape index (κ2) is 6.26. The zero-order chi connectivity index (χ0) is 16.4. The molecule has 3 aromatic rings. The van der Waals surface area contributed by atoms with Gasteiger partial charge in [0.2, 0.25) is 5.91 Å². The van der Waals surface area contributed by atoms with Crippen LogP contribution in [0.15, 0.2) is 53.7 Å². The molecule has 0 saturated carbocycles. The molecule has 4 nitrogen and oxygen atoms in total. The van der Waals surface area contributed by atoms with Crippen molar-refractivity contribution in [2.75, 3.05) is 0 Å². The van der Waals surface area contributed by atoms with Crippen molar-refractivity contribution in [2.45, 2.75) is 13.5 Å². The zero-order valence-corrected chi connectivity index (χ0v) is 13.4. The van der Waals surface area contributed by atoms with Gasteiger partial charge in [0.05, 0.1) is 5.69 Å². The molecule has 1 heterocycles. The van der Waals surface area contributed by atoms with Crippen molar-refractivity contribution in [3.05, 3.63) is 64.8 Å². The van der Waals surface area contributed by atoms with Crippen LogP contribution in [0.3, 0.4) is 0 Å². The van der Waals surface area contributed by atoms with Crippen LogP contribution in [0.5, 0.6) is 0 Å². The quantitative estimate of drug-likeness (QED) is 0.728. The molecule has 116 valence electrons. The zero-order valence-electron chi connectivity index (χ0n) is 12.7. The van der Waals surface area contributed by atoms with Crippen molar-refractivity contribution in [1.29, 1.82) is 0 Å². The van der Waals surface area contributed by atoms with E-state index in [4.69, 9.17) is 17.3 Å². The number of hydrogen-bond donors (Lipinski definition) is 1. The van der Waals surface area contributed by atoms with Gasteiger partial charge in [0.15, 0.2) is 0 Å². The van der Waals surface area contributed by atoms with Crippen LogP contribution < -0.4 is 5.73 Å². The second-order valence-corrected chi connectivity index (χ2v) is 5.75. The molecule has 0 aliphatic carbocycles. The van der Waals surface area contributed by atoms with E-state index in [1.54, 1.807) is 6.21 Å². The van der Waals surface area contributed by atoms with E-state index in [9.17, 15) is 4.79 Å². The molecule has 0 unspecified atom stereocenters. The lowest BCUT2D eigenvalue weighted by atomic mass is 10.2. The first-order chi connectivity index (χ1) is 11.1. The van der Waals surface area contributed by atoms with Crippen LogP contribution >= 0.6 is 11.6 Å². The Labute approximate surface area is 139 Å². The van der Waals surface area contributed by atoms with Crippen molar-refractivity contribution >= 4 is 40.3 Å². The number of aliphatic imine (C=N–C) groups is 1. The number of nitrogens with zero attached hydrogens (tertiary/aromatic N) is 2. The summed E-state index contributed by atoms with van der Waals surface area (Å²) in [5.74, 6) is -0.375. The van der Waals surface area contributed by atoms with Crippen LogP contribution in [0.25, 0.3) is 10.9 Å². The Bertz CT molecular complexity index is 912. The van der Waals surface area contributed by atoms with Gasteiger partial charge in [-0.3, -0.25) is 9.79 Å². The molecule has 0 saturated heterocycles. The minimum absolute atomic E-state index is 0.143. The molecular formula is C18H16ClN3O. The predicted molar refractivity (Wildman–Crippen MR) is 94.6 cm³/mol. The SMILES string of the molecule is Cc1c(Cl)cccc1N=Cc1cn(CC(N)=O)c2ccccc12. The molecule has 3 rings (SSSR count). The van der Waals surface area contributed by atoms with Crippen molar-refractivity contribution in [1.82, 2.24) is 4.57 Å². The Kier molecular flexibility index (Phi) is 4.17. The summed E-state index contributed by atoms with van der Waals surface area (Å²) in [7, 11) is 0. The lowest BCUT2D eigenvalue weighted by molar-refractivity contribution is -0.118. The molecule has 5 heteroatoms. The number of para-hydroxylation sites is 1.